The fraction of sp³-hybridized carbons (Fsp3) is 0.389. The van der Waals surface area contributed by atoms with Gasteiger partial charge in [-0.1, -0.05) is 76.2 Å². The number of rotatable bonds is 2. The lowest BCUT2D eigenvalue weighted by Gasteiger charge is -2.42. The minimum atomic E-state index is -0.372. The molecule has 1 aromatic heterocycles. The Morgan fingerprint density at radius 1 is 0.600 bits per heavy atom. The lowest BCUT2D eigenvalue weighted by Crippen LogP contribution is -2.41. The smallest absolute Gasteiger partial charge is 0.399 e. The SMILES string of the molecule is CC1(C)CCC(C)(C)c2cc3c(cc21)c1ccccc1n3-c1cccc2cc(B3OC(C)(C)C(C)(C)O3)ccc12. The summed E-state index contributed by atoms with van der Waals surface area (Å²) in [6.45, 7) is 18.1. The number of nitrogens with zero attached hydrogens (tertiary/aromatic N) is 1. The van der Waals surface area contributed by atoms with Crippen LogP contribution in [0.2, 0.25) is 0 Å². The van der Waals surface area contributed by atoms with Crippen LogP contribution in [0.4, 0.5) is 0 Å². The van der Waals surface area contributed by atoms with E-state index in [2.05, 4.69) is 133 Å². The molecule has 204 valence electrons. The van der Waals surface area contributed by atoms with Gasteiger partial charge in [-0.3, -0.25) is 0 Å². The fourth-order valence-corrected chi connectivity index (χ4v) is 6.89. The van der Waals surface area contributed by atoms with Crippen LogP contribution in [0.1, 0.15) is 79.4 Å². The van der Waals surface area contributed by atoms with Gasteiger partial charge in [0.25, 0.3) is 0 Å². The van der Waals surface area contributed by atoms with Gasteiger partial charge in [0.2, 0.25) is 0 Å². The number of para-hydroxylation sites is 1. The monoisotopic (exact) mass is 529 g/mol. The third-order valence-corrected chi connectivity index (χ3v) is 10.3. The van der Waals surface area contributed by atoms with E-state index < -0.39 is 0 Å². The average Bonchev–Trinajstić information content (AvgIpc) is 3.34. The molecule has 1 aliphatic carbocycles. The Bertz CT molecular complexity index is 1810. The van der Waals surface area contributed by atoms with Crippen molar-refractivity contribution in [3.05, 3.63) is 83.9 Å². The van der Waals surface area contributed by atoms with Gasteiger partial charge in [0.1, 0.15) is 0 Å². The van der Waals surface area contributed by atoms with Crippen molar-refractivity contribution in [3.63, 3.8) is 0 Å². The summed E-state index contributed by atoms with van der Waals surface area (Å²) >= 11 is 0. The number of fused-ring (bicyclic) bond motifs is 5. The highest BCUT2D eigenvalue weighted by Crippen LogP contribution is 2.48. The first kappa shape index (κ1) is 25.9. The molecule has 0 atom stereocenters. The number of hydrogen-bond acceptors (Lipinski definition) is 2. The van der Waals surface area contributed by atoms with E-state index in [1.54, 1.807) is 0 Å². The highest BCUT2D eigenvalue weighted by Gasteiger charge is 2.51. The van der Waals surface area contributed by atoms with Crippen molar-refractivity contribution in [3.8, 4) is 5.69 Å². The van der Waals surface area contributed by atoms with E-state index in [9.17, 15) is 0 Å². The summed E-state index contributed by atoms with van der Waals surface area (Å²) in [5.41, 5.74) is 7.39. The molecule has 0 unspecified atom stereocenters. The minimum absolute atomic E-state index is 0.150. The normalized spacial score (nSPS) is 20.9. The van der Waals surface area contributed by atoms with Gasteiger partial charge in [0, 0.05) is 16.2 Å². The van der Waals surface area contributed by atoms with E-state index in [-0.39, 0.29) is 29.2 Å². The average molecular weight is 530 g/mol. The molecule has 3 nitrogen and oxygen atoms in total. The molecule has 1 fully saturated rings. The van der Waals surface area contributed by atoms with Crippen LogP contribution in [0.5, 0.6) is 0 Å². The molecule has 0 radical (unpaired) electrons. The molecule has 4 heteroatoms. The molecule has 0 spiro atoms. The maximum absolute atomic E-state index is 6.38. The lowest BCUT2D eigenvalue weighted by molar-refractivity contribution is 0.00578. The summed E-state index contributed by atoms with van der Waals surface area (Å²) < 4.78 is 15.2. The Morgan fingerprint density at radius 3 is 1.95 bits per heavy atom. The lowest BCUT2D eigenvalue weighted by atomic mass is 9.63. The molecular formula is C36H40BNO2. The maximum Gasteiger partial charge on any atom is 0.494 e. The molecule has 7 rings (SSSR count). The van der Waals surface area contributed by atoms with Gasteiger partial charge >= 0.3 is 7.12 Å². The molecule has 0 N–H and O–H groups in total. The van der Waals surface area contributed by atoms with Gasteiger partial charge in [0.05, 0.1) is 27.9 Å². The molecule has 0 bridgehead atoms. The summed E-state index contributed by atoms with van der Waals surface area (Å²) in [7, 11) is -0.372. The van der Waals surface area contributed by atoms with Crippen LogP contribution >= 0.6 is 0 Å². The third-order valence-electron chi connectivity index (χ3n) is 10.3. The number of aromatic nitrogens is 1. The summed E-state index contributed by atoms with van der Waals surface area (Å²) in [6, 6.07) is 27.2. The molecule has 5 aromatic rings. The van der Waals surface area contributed by atoms with Crippen LogP contribution in [-0.2, 0) is 20.1 Å². The van der Waals surface area contributed by atoms with Crippen LogP contribution < -0.4 is 5.46 Å². The predicted octanol–water partition coefficient (Wildman–Crippen LogP) is 8.59. The predicted molar refractivity (Wildman–Crippen MR) is 169 cm³/mol. The van der Waals surface area contributed by atoms with E-state index in [0.717, 1.165) is 5.46 Å². The molecule has 40 heavy (non-hydrogen) atoms. The van der Waals surface area contributed by atoms with Crippen LogP contribution in [0.15, 0.2) is 72.8 Å². The zero-order valence-electron chi connectivity index (χ0n) is 25.2. The first-order chi connectivity index (χ1) is 18.8. The van der Waals surface area contributed by atoms with Crippen molar-refractivity contribution in [1.29, 1.82) is 0 Å². The Morgan fingerprint density at radius 2 is 1.25 bits per heavy atom. The second-order valence-corrected chi connectivity index (χ2v) is 14.4. The van der Waals surface area contributed by atoms with Gasteiger partial charge in [-0.25, -0.2) is 0 Å². The zero-order valence-corrected chi connectivity index (χ0v) is 25.2. The van der Waals surface area contributed by atoms with Crippen molar-refractivity contribution in [2.75, 3.05) is 0 Å². The van der Waals surface area contributed by atoms with E-state index >= 15 is 0 Å². The molecule has 0 saturated carbocycles. The van der Waals surface area contributed by atoms with Gasteiger partial charge < -0.3 is 13.9 Å². The molecule has 1 saturated heterocycles. The maximum atomic E-state index is 6.38. The van der Waals surface area contributed by atoms with Crippen molar-refractivity contribution >= 4 is 45.2 Å². The van der Waals surface area contributed by atoms with Crippen molar-refractivity contribution < 1.29 is 9.31 Å². The Balaban J connectivity index is 1.46. The first-order valence-corrected chi connectivity index (χ1v) is 14.8. The second-order valence-electron chi connectivity index (χ2n) is 14.4. The molecule has 0 amide bonds. The van der Waals surface area contributed by atoms with E-state index in [1.165, 1.54) is 62.2 Å². The van der Waals surface area contributed by atoms with Crippen LogP contribution in [0.25, 0.3) is 38.3 Å². The first-order valence-electron chi connectivity index (χ1n) is 14.8. The van der Waals surface area contributed by atoms with Gasteiger partial charge in [-0.05, 0) is 97.6 Å². The van der Waals surface area contributed by atoms with E-state index in [4.69, 9.17) is 9.31 Å². The van der Waals surface area contributed by atoms with Gasteiger partial charge in [-0.15, -0.1) is 0 Å². The quantitative estimate of drug-likeness (QED) is 0.214. The van der Waals surface area contributed by atoms with Crippen molar-refractivity contribution in [2.24, 2.45) is 0 Å². The largest absolute Gasteiger partial charge is 0.494 e. The van der Waals surface area contributed by atoms with E-state index in [0.29, 0.717) is 0 Å². The van der Waals surface area contributed by atoms with Crippen LogP contribution in [0, 0.1) is 0 Å². The zero-order chi connectivity index (χ0) is 28.2. The Labute approximate surface area is 238 Å². The molecular weight excluding hydrogens is 489 g/mol. The van der Waals surface area contributed by atoms with E-state index in [1.807, 2.05) is 0 Å². The fourth-order valence-electron chi connectivity index (χ4n) is 6.89. The number of benzene rings is 4. The standard InChI is InChI=1S/C36H40BNO2/c1-33(2)18-19-34(3,4)29-22-32-27(21-28(29)33)26-13-9-10-14-31(26)38(32)30-15-11-12-23-20-24(16-17-25(23)30)37-39-35(5,6)36(7,8)40-37/h9-17,20-22H,18-19H2,1-8H3. The van der Waals surface area contributed by atoms with Crippen LogP contribution in [-0.4, -0.2) is 22.9 Å². The topological polar surface area (TPSA) is 23.4 Å². The van der Waals surface area contributed by atoms with Gasteiger partial charge in [0.15, 0.2) is 0 Å². The highest BCUT2D eigenvalue weighted by molar-refractivity contribution is 6.62. The Hall–Kier alpha value is -3.08. The highest BCUT2D eigenvalue weighted by atomic mass is 16.7. The number of hydrogen-bond donors (Lipinski definition) is 0. The molecule has 2 heterocycles. The Kier molecular flexibility index (Phi) is 5.33. The summed E-state index contributed by atoms with van der Waals surface area (Å²) in [4.78, 5) is 0. The summed E-state index contributed by atoms with van der Waals surface area (Å²) in [6.07, 6.45) is 2.42. The van der Waals surface area contributed by atoms with Crippen molar-refractivity contribution in [1.82, 2.24) is 4.57 Å². The molecule has 2 aliphatic rings. The van der Waals surface area contributed by atoms with Gasteiger partial charge in [-0.2, -0.15) is 0 Å². The van der Waals surface area contributed by atoms with Crippen molar-refractivity contribution in [2.45, 2.75) is 90.3 Å². The van der Waals surface area contributed by atoms with Crippen LogP contribution in [0.3, 0.4) is 0 Å². The minimum Gasteiger partial charge on any atom is -0.399 e. The molecule has 1 aliphatic heterocycles. The summed E-state index contributed by atoms with van der Waals surface area (Å²) in [5.74, 6) is 0. The second kappa shape index (κ2) is 8.24. The third kappa shape index (κ3) is 3.65. The summed E-state index contributed by atoms with van der Waals surface area (Å²) in [5, 5.41) is 5.06. The molecule has 4 aromatic carbocycles.